The van der Waals surface area contributed by atoms with Gasteiger partial charge in [0.2, 0.25) is 0 Å². The van der Waals surface area contributed by atoms with Crippen molar-refractivity contribution in [3.63, 3.8) is 0 Å². The van der Waals surface area contributed by atoms with Gasteiger partial charge in [-0.15, -0.1) is 0 Å². The van der Waals surface area contributed by atoms with E-state index < -0.39 is 0 Å². The van der Waals surface area contributed by atoms with Crippen LogP contribution in [0, 0.1) is 0 Å². The topological polar surface area (TPSA) is 55.0 Å². The Morgan fingerprint density at radius 3 is 2.60 bits per heavy atom. The summed E-state index contributed by atoms with van der Waals surface area (Å²) in [5.74, 6) is 0.978. The first-order valence-electron chi connectivity index (χ1n) is 7.04. The monoisotopic (exact) mass is 270 g/mol. The number of nitrogens with zero attached hydrogens (tertiary/aromatic N) is 3. The van der Waals surface area contributed by atoms with Crippen molar-refractivity contribution in [1.82, 2.24) is 9.97 Å². The van der Waals surface area contributed by atoms with E-state index in [1.807, 2.05) is 37.5 Å². The Kier molecular flexibility index (Phi) is 5.07. The minimum Gasteiger partial charge on any atom is -0.351 e. The Bertz CT molecular complexity index is 508. The van der Waals surface area contributed by atoms with Gasteiger partial charge >= 0.3 is 0 Å². The van der Waals surface area contributed by atoms with Gasteiger partial charge in [-0.25, -0.2) is 4.98 Å². The molecule has 4 heteroatoms. The molecule has 0 saturated carbocycles. The van der Waals surface area contributed by atoms with Gasteiger partial charge in [-0.1, -0.05) is 12.1 Å². The smallest absolute Gasteiger partial charge is 0.128 e. The first-order valence-corrected chi connectivity index (χ1v) is 7.04. The molecule has 0 aliphatic rings. The molecule has 0 aliphatic heterocycles. The molecule has 2 rings (SSSR count). The van der Waals surface area contributed by atoms with Crippen molar-refractivity contribution < 1.29 is 0 Å². The Morgan fingerprint density at radius 1 is 1.20 bits per heavy atom. The van der Waals surface area contributed by atoms with Crippen LogP contribution in [0.5, 0.6) is 0 Å². The highest BCUT2D eigenvalue weighted by Gasteiger charge is 2.07. The van der Waals surface area contributed by atoms with E-state index in [4.69, 9.17) is 5.73 Å². The quantitative estimate of drug-likeness (QED) is 0.875. The second-order valence-corrected chi connectivity index (χ2v) is 5.04. The van der Waals surface area contributed by atoms with E-state index >= 15 is 0 Å². The lowest BCUT2D eigenvalue weighted by Crippen LogP contribution is -2.24. The van der Waals surface area contributed by atoms with Crippen LogP contribution < -0.4 is 10.6 Å². The first-order chi connectivity index (χ1) is 9.69. The molecule has 2 aromatic rings. The van der Waals surface area contributed by atoms with E-state index in [0.717, 1.165) is 31.0 Å². The molecule has 0 aliphatic carbocycles. The number of hydrogen-bond acceptors (Lipinski definition) is 4. The Morgan fingerprint density at radius 2 is 2.05 bits per heavy atom. The molecular formula is C16H22N4. The maximum Gasteiger partial charge on any atom is 0.128 e. The van der Waals surface area contributed by atoms with Crippen LogP contribution in [-0.2, 0) is 13.0 Å². The van der Waals surface area contributed by atoms with E-state index in [1.54, 1.807) is 0 Å². The number of aromatic nitrogens is 2. The molecule has 0 aromatic carbocycles. The third-order valence-electron chi connectivity index (χ3n) is 3.15. The highest BCUT2D eigenvalue weighted by Crippen LogP contribution is 2.14. The van der Waals surface area contributed by atoms with Gasteiger partial charge in [0.15, 0.2) is 0 Å². The van der Waals surface area contributed by atoms with Crippen molar-refractivity contribution in [2.24, 2.45) is 5.73 Å². The lowest BCUT2D eigenvalue weighted by molar-refractivity contribution is 0.733. The fourth-order valence-electron chi connectivity index (χ4n) is 2.14. The summed E-state index contributed by atoms with van der Waals surface area (Å²) in [6.45, 7) is 5.81. The standard InChI is InChI=1S/C16H22N4/c1-3-20(12-15-6-4-5-9-18-15)16-8-7-14(11-19-16)10-13(2)17/h4-9,11,13H,3,10,12,17H2,1-2H3. The molecule has 1 unspecified atom stereocenters. The third kappa shape index (κ3) is 4.03. The molecule has 20 heavy (non-hydrogen) atoms. The molecule has 4 nitrogen and oxygen atoms in total. The van der Waals surface area contributed by atoms with Crippen LogP contribution in [0.25, 0.3) is 0 Å². The SMILES string of the molecule is CCN(Cc1ccccn1)c1ccc(CC(C)N)cn1. The van der Waals surface area contributed by atoms with E-state index in [9.17, 15) is 0 Å². The Labute approximate surface area is 120 Å². The van der Waals surface area contributed by atoms with Crippen LogP contribution in [0.4, 0.5) is 5.82 Å². The predicted molar refractivity (Wildman–Crippen MR) is 82.6 cm³/mol. The zero-order valence-corrected chi connectivity index (χ0v) is 12.2. The Balaban J connectivity index is 2.07. The summed E-state index contributed by atoms with van der Waals surface area (Å²) >= 11 is 0. The molecule has 0 amide bonds. The molecule has 2 N–H and O–H groups in total. The normalized spacial score (nSPS) is 12.2. The van der Waals surface area contributed by atoms with Crippen LogP contribution in [0.2, 0.25) is 0 Å². The lowest BCUT2D eigenvalue weighted by Gasteiger charge is -2.21. The van der Waals surface area contributed by atoms with Gasteiger partial charge in [-0.2, -0.15) is 0 Å². The molecule has 2 heterocycles. The molecule has 1 atom stereocenters. The zero-order chi connectivity index (χ0) is 14.4. The number of anilines is 1. The molecule has 2 aromatic heterocycles. The van der Waals surface area contributed by atoms with Gasteiger partial charge < -0.3 is 10.6 Å². The molecule has 0 fully saturated rings. The van der Waals surface area contributed by atoms with E-state index in [2.05, 4.69) is 33.9 Å². The number of pyridine rings is 2. The summed E-state index contributed by atoms with van der Waals surface area (Å²) < 4.78 is 0. The molecular weight excluding hydrogens is 248 g/mol. The average Bonchev–Trinajstić information content (AvgIpc) is 2.46. The summed E-state index contributed by atoms with van der Waals surface area (Å²) in [7, 11) is 0. The van der Waals surface area contributed by atoms with Crippen molar-refractivity contribution in [3.8, 4) is 0 Å². The summed E-state index contributed by atoms with van der Waals surface area (Å²) in [5.41, 5.74) is 8.03. The van der Waals surface area contributed by atoms with Crippen molar-refractivity contribution in [2.75, 3.05) is 11.4 Å². The predicted octanol–water partition coefficient (Wildman–Crippen LogP) is 2.39. The maximum atomic E-state index is 5.80. The average molecular weight is 270 g/mol. The first kappa shape index (κ1) is 14.5. The molecule has 106 valence electrons. The van der Waals surface area contributed by atoms with Crippen molar-refractivity contribution >= 4 is 5.82 Å². The largest absolute Gasteiger partial charge is 0.351 e. The van der Waals surface area contributed by atoms with Crippen LogP contribution in [-0.4, -0.2) is 22.6 Å². The van der Waals surface area contributed by atoms with Crippen molar-refractivity contribution in [2.45, 2.75) is 32.9 Å². The van der Waals surface area contributed by atoms with Crippen LogP contribution in [0.3, 0.4) is 0 Å². The summed E-state index contributed by atoms with van der Waals surface area (Å²) in [4.78, 5) is 11.1. The van der Waals surface area contributed by atoms with Gasteiger partial charge in [0.05, 0.1) is 12.2 Å². The molecule has 0 saturated heterocycles. The van der Waals surface area contributed by atoms with Gasteiger partial charge in [-0.3, -0.25) is 4.98 Å². The fraction of sp³-hybridized carbons (Fsp3) is 0.375. The van der Waals surface area contributed by atoms with Crippen molar-refractivity contribution in [3.05, 3.63) is 54.0 Å². The highest BCUT2D eigenvalue weighted by molar-refractivity contribution is 5.39. The van der Waals surface area contributed by atoms with Gasteiger partial charge in [-0.05, 0) is 44.0 Å². The lowest BCUT2D eigenvalue weighted by atomic mass is 10.1. The van der Waals surface area contributed by atoms with E-state index in [0.29, 0.717) is 0 Å². The number of nitrogens with two attached hydrogens (primary N) is 1. The van der Waals surface area contributed by atoms with E-state index in [1.165, 1.54) is 5.56 Å². The molecule has 0 radical (unpaired) electrons. The maximum absolute atomic E-state index is 5.80. The van der Waals surface area contributed by atoms with Gasteiger partial charge in [0.25, 0.3) is 0 Å². The second-order valence-electron chi connectivity index (χ2n) is 5.04. The molecule has 0 spiro atoms. The minimum atomic E-state index is 0.165. The highest BCUT2D eigenvalue weighted by atomic mass is 15.2. The minimum absolute atomic E-state index is 0.165. The third-order valence-corrected chi connectivity index (χ3v) is 3.15. The molecule has 0 bridgehead atoms. The summed E-state index contributed by atoms with van der Waals surface area (Å²) in [6, 6.07) is 10.3. The Hall–Kier alpha value is -1.94. The van der Waals surface area contributed by atoms with Crippen LogP contribution in [0.1, 0.15) is 25.1 Å². The number of hydrogen-bond donors (Lipinski definition) is 1. The summed E-state index contributed by atoms with van der Waals surface area (Å²) in [5, 5.41) is 0. The zero-order valence-electron chi connectivity index (χ0n) is 12.2. The number of rotatable bonds is 6. The van der Waals surface area contributed by atoms with Crippen LogP contribution in [0.15, 0.2) is 42.7 Å². The van der Waals surface area contributed by atoms with Crippen LogP contribution >= 0.6 is 0 Å². The van der Waals surface area contributed by atoms with Gasteiger partial charge in [0, 0.05) is 25.0 Å². The van der Waals surface area contributed by atoms with E-state index in [-0.39, 0.29) is 6.04 Å². The van der Waals surface area contributed by atoms with Gasteiger partial charge in [0.1, 0.15) is 5.82 Å². The second kappa shape index (κ2) is 7.01. The summed E-state index contributed by atoms with van der Waals surface area (Å²) in [6.07, 6.45) is 4.60. The van der Waals surface area contributed by atoms with Crippen molar-refractivity contribution in [1.29, 1.82) is 0 Å². The fourth-order valence-corrected chi connectivity index (χ4v) is 2.14.